The summed E-state index contributed by atoms with van der Waals surface area (Å²) in [5.74, 6) is -1.87. The number of carbonyl (C=O) groups is 2. The number of unbranched alkanes of at least 4 members (excludes halogenated alkanes) is 2. The molecule has 6 nitrogen and oxygen atoms in total. The van der Waals surface area contributed by atoms with Crippen molar-refractivity contribution in [3.05, 3.63) is 0 Å². The lowest BCUT2D eigenvalue weighted by Crippen LogP contribution is -2.39. The van der Waals surface area contributed by atoms with Crippen LogP contribution in [0.2, 0.25) is 0 Å². The third-order valence-corrected chi connectivity index (χ3v) is 4.27. The second-order valence-corrected chi connectivity index (χ2v) is 6.24. The summed E-state index contributed by atoms with van der Waals surface area (Å²) in [4.78, 5) is 24.5. The predicted octanol–water partition coefficient (Wildman–Crippen LogP) is 2.73. The van der Waals surface area contributed by atoms with Gasteiger partial charge in [0, 0.05) is 12.8 Å². The first kappa shape index (κ1) is 18.2. The zero-order valence-electron chi connectivity index (χ0n) is 14.2. The van der Waals surface area contributed by atoms with Gasteiger partial charge < -0.3 is 18.9 Å². The Morgan fingerprint density at radius 2 is 1.35 bits per heavy atom. The summed E-state index contributed by atoms with van der Waals surface area (Å²) in [5.41, 5.74) is 0. The molecule has 1 aliphatic heterocycles. The third kappa shape index (κ3) is 4.67. The first-order valence-electron chi connectivity index (χ1n) is 8.81. The Kier molecular flexibility index (Phi) is 6.84. The van der Waals surface area contributed by atoms with Gasteiger partial charge >= 0.3 is 11.9 Å². The van der Waals surface area contributed by atoms with Gasteiger partial charge in [0.2, 0.25) is 0 Å². The average molecular weight is 328 g/mol. The van der Waals surface area contributed by atoms with E-state index in [1.54, 1.807) is 0 Å². The fourth-order valence-electron chi connectivity index (χ4n) is 2.91. The van der Waals surface area contributed by atoms with E-state index in [4.69, 9.17) is 18.9 Å². The highest BCUT2D eigenvalue weighted by Crippen LogP contribution is 2.42. The topological polar surface area (TPSA) is 71.1 Å². The van der Waals surface area contributed by atoms with Crippen molar-refractivity contribution in [3.8, 4) is 0 Å². The molecule has 0 bridgehead atoms. The van der Waals surface area contributed by atoms with E-state index in [2.05, 4.69) is 0 Å². The van der Waals surface area contributed by atoms with E-state index >= 15 is 0 Å². The highest BCUT2D eigenvalue weighted by atomic mass is 16.8. The van der Waals surface area contributed by atoms with Crippen LogP contribution in [0, 0.1) is 0 Å². The molecule has 0 aromatic rings. The second kappa shape index (κ2) is 8.64. The van der Waals surface area contributed by atoms with Crippen molar-refractivity contribution in [2.45, 2.75) is 83.2 Å². The summed E-state index contributed by atoms with van der Waals surface area (Å²) in [7, 11) is 0. The van der Waals surface area contributed by atoms with Crippen LogP contribution in [0.15, 0.2) is 0 Å². The van der Waals surface area contributed by atoms with E-state index in [9.17, 15) is 9.59 Å². The highest BCUT2D eigenvalue weighted by molar-refractivity contribution is 5.86. The van der Waals surface area contributed by atoms with Gasteiger partial charge in [-0.1, -0.05) is 26.7 Å². The van der Waals surface area contributed by atoms with Gasteiger partial charge in [-0.15, -0.1) is 0 Å². The summed E-state index contributed by atoms with van der Waals surface area (Å²) in [5, 5.41) is 0. The van der Waals surface area contributed by atoms with Gasteiger partial charge in [-0.25, -0.2) is 9.59 Å². The maximum Gasteiger partial charge on any atom is 0.338 e. The summed E-state index contributed by atoms with van der Waals surface area (Å²) in [6, 6.07) is 0. The van der Waals surface area contributed by atoms with Gasteiger partial charge in [0.15, 0.2) is 18.0 Å². The zero-order valence-corrected chi connectivity index (χ0v) is 14.2. The molecule has 2 unspecified atom stereocenters. The van der Waals surface area contributed by atoms with Gasteiger partial charge in [-0.3, -0.25) is 0 Å². The quantitative estimate of drug-likeness (QED) is 0.504. The largest absolute Gasteiger partial charge is 0.464 e. The van der Waals surface area contributed by atoms with Crippen LogP contribution < -0.4 is 0 Å². The van der Waals surface area contributed by atoms with Gasteiger partial charge in [-0.2, -0.15) is 0 Å². The molecule has 1 heterocycles. The Hall–Kier alpha value is -1.14. The van der Waals surface area contributed by atoms with E-state index in [1.165, 1.54) is 0 Å². The molecule has 6 heteroatoms. The molecule has 1 saturated heterocycles. The minimum Gasteiger partial charge on any atom is -0.464 e. The lowest BCUT2D eigenvalue weighted by atomic mass is 10.2. The number of rotatable bonds is 8. The monoisotopic (exact) mass is 328 g/mol. The maximum absolute atomic E-state index is 12.3. The van der Waals surface area contributed by atoms with Crippen LogP contribution in [-0.2, 0) is 28.5 Å². The van der Waals surface area contributed by atoms with E-state index in [0.29, 0.717) is 26.1 Å². The minimum absolute atomic E-state index is 0.333. The molecular weight excluding hydrogens is 300 g/mol. The fourth-order valence-corrected chi connectivity index (χ4v) is 2.91. The summed E-state index contributed by atoms with van der Waals surface area (Å²) in [6.45, 7) is 4.70. The molecule has 0 aromatic carbocycles. The van der Waals surface area contributed by atoms with Crippen LogP contribution in [-0.4, -0.2) is 43.1 Å². The zero-order chi connectivity index (χ0) is 16.7. The first-order chi connectivity index (χ1) is 11.1. The summed E-state index contributed by atoms with van der Waals surface area (Å²) < 4.78 is 22.1. The molecule has 2 aliphatic rings. The highest BCUT2D eigenvalue weighted by Gasteiger charge is 2.55. The molecule has 2 fully saturated rings. The number of ether oxygens (including phenoxy) is 4. The molecule has 132 valence electrons. The minimum atomic E-state index is -1.01. The maximum atomic E-state index is 12.3. The van der Waals surface area contributed by atoms with Crippen molar-refractivity contribution in [3.63, 3.8) is 0 Å². The smallest absolute Gasteiger partial charge is 0.338 e. The summed E-state index contributed by atoms with van der Waals surface area (Å²) >= 11 is 0. The molecule has 0 aromatic heterocycles. The van der Waals surface area contributed by atoms with Crippen molar-refractivity contribution < 1.29 is 28.5 Å². The van der Waals surface area contributed by atoms with Crippen molar-refractivity contribution in [2.24, 2.45) is 0 Å². The molecule has 1 aliphatic carbocycles. The average Bonchev–Trinajstić information content (AvgIpc) is 3.15. The molecule has 0 N–H and O–H groups in total. The molecule has 23 heavy (non-hydrogen) atoms. The van der Waals surface area contributed by atoms with Crippen LogP contribution in [0.4, 0.5) is 0 Å². The lowest BCUT2D eigenvalue weighted by Gasteiger charge is -2.21. The van der Waals surface area contributed by atoms with Crippen molar-refractivity contribution in [2.75, 3.05) is 13.2 Å². The third-order valence-electron chi connectivity index (χ3n) is 4.27. The Bertz CT molecular complexity index is 370. The van der Waals surface area contributed by atoms with Crippen LogP contribution in [0.5, 0.6) is 0 Å². The van der Waals surface area contributed by atoms with Crippen molar-refractivity contribution in [1.29, 1.82) is 0 Å². The Balaban J connectivity index is 1.99. The molecule has 1 saturated carbocycles. The van der Waals surface area contributed by atoms with Crippen LogP contribution >= 0.6 is 0 Å². The number of hydrogen-bond acceptors (Lipinski definition) is 6. The van der Waals surface area contributed by atoms with Crippen molar-refractivity contribution >= 4 is 11.9 Å². The van der Waals surface area contributed by atoms with E-state index in [1.807, 2.05) is 13.8 Å². The number of hydrogen-bond donors (Lipinski definition) is 0. The summed E-state index contributed by atoms with van der Waals surface area (Å²) in [6.07, 6.45) is 4.74. The van der Waals surface area contributed by atoms with Crippen molar-refractivity contribution in [1.82, 2.24) is 0 Å². The molecule has 0 amide bonds. The van der Waals surface area contributed by atoms with Gasteiger partial charge in [0.1, 0.15) is 0 Å². The van der Waals surface area contributed by atoms with E-state index in [0.717, 1.165) is 38.5 Å². The van der Waals surface area contributed by atoms with Gasteiger partial charge in [0.25, 0.3) is 0 Å². The molecule has 2 rings (SSSR count). The van der Waals surface area contributed by atoms with Crippen LogP contribution in [0.1, 0.15) is 65.2 Å². The van der Waals surface area contributed by atoms with E-state index < -0.39 is 29.9 Å². The van der Waals surface area contributed by atoms with E-state index in [-0.39, 0.29) is 0 Å². The van der Waals surface area contributed by atoms with Crippen LogP contribution in [0.3, 0.4) is 0 Å². The molecule has 1 spiro atoms. The SMILES string of the molecule is CCCCOC(=O)C1OC2(CCCC2)OC1C(=O)OCCCC. The molecular formula is C17H28O6. The number of carbonyl (C=O) groups excluding carboxylic acids is 2. The number of esters is 2. The Labute approximate surface area is 137 Å². The molecule has 0 radical (unpaired) electrons. The van der Waals surface area contributed by atoms with Gasteiger partial charge in [0.05, 0.1) is 13.2 Å². The van der Waals surface area contributed by atoms with Crippen LogP contribution in [0.25, 0.3) is 0 Å². The lowest BCUT2D eigenvalue weighted by molar-refractivity contribution is -0.186. The van der Waals surface area contributed by atoms with Gasteiger partial charge in [-0.05, 0) is 25.7 Å². The normalized spacial score (nSPS) is 25.7. The Morgan fingerprint density at radius 1 is 0.913 bits per heavy atom. The fraction of sp³-hybridized carbons (Fsp3) is 0.882. The first-order valence-corrected chi connectivity index (χ1v) is 8.81. The Morgan fingerprint density at radius 3 is 1.74 bits per heavy atom. The predicted molar refractivity (Wildman–Crippen MR) is 82.7 cm³/mol. The standard InChI is InChI=1S/C17H28O6/c1-3-5-11-20-15(18)13-14(16(19)21-12-6-4-2)23-17(22-13)9-7-8-10-17/h13-14H,3-12H2,1-2H3. The molecule has 2 atom stereocenters. The second-order valence-electron chi connectivity index (χ2n) is 6.24.